The van der Waals surface area contributed by atoms with E-state index in [4.69, 9.17) is 22.9 Å². The second-order valence-corrected chi connectivity index (χ2v) is 6.80. The number of aromatic nitrogens is 2. The lowest BCUT2D eigenvalue weighted by atomic mass is 10.1. The smallest absolute Gasteiger partial charge is 0.326 e. The molecule has 0 aliphatic rings. The van der Waals surface area contributed by atoms with Gasteiger partial charge in [0.1, 0.15) is 12.1 Å². The lowest BCUT2D eigenvalue weighted by molar-refractivity contribution is -0.142. The van der Waals surface area contributed by atoms with E-state index in [0.717, 1.165) is 0 Å². The van der Waals surface area contributed by atoms with Gasteiger partial charge in [-0.1, -0.05) is 0 Å². The van der Waals surface area contributed by atoms with Crippen LogP contribution in [-0.2, 0) is 25.6 Å². The topological polar surface area (TPSA) is 258 Å². The number of carbonyl (C=O) groups is 4. The van der Waals surface area contributed by atoms with Crippen LogP contribution in [0.15, 0.2) is 17.5 Å². The van der Waals surface area contributed by atoms with Gasteiger partial charge in [-0.25, -0.2) is 9.78 Å². The number of carboxylic acid groups (broad SMARTS) is 1. The van der Waals surface area contributed by atoms with Crippen LogP contribution < -0.4 is 33.6 Å². The number of nitrogens with zero attached hydrogens (tertiary/aromatic N) is 2. The van der Waals surface area contributed by atoms with Gasteiger partial charge in [0.15, 0.2) is 5.96 Å². The van der Waals surface area contributed by atoms with E-state index in [1.165, 1.54) is 12.5 Å². The number of nitrogens with two attached hydrogens (primary N) is 4. The third-order valence-corrected chi connectivity index (χ3v) is 4.21. The van der Waals surface area contributed by atoms with Crippen LogP contribution in [0.25, 0.3) is 0 Å². The Bertz CT molecular complexity index is 777. The van der Waals surface area contributed by atoms with E-state index >= 15 is 0 Å². The van der Waals surface area contributed by atoms with Gasteiger partial charge in [-0.15, -0.1) is 0 Å². The Morgan fingerprint density at radius 2 is 1.77 bits per heavy atom. The molecule has 0 saturated heterocycles. The summed E-state index contributed by atoms with van der Waals surface area (Å²) in [5, 5.41) is 14.1. The first-order chi connectivity index (χ1) is 14.6. The number of guanidine groups is 1. The number of aliphatic carboxylic acids is 1. The Labute approximate surface area is 178 Å². The highest BCUT2D eigenvalue weighted by atomic mass is 16.4. The lowest BCUT2D eigenvalue weighted by Crippen LogP contribution is -2.55. The number of hydrogen-bond acceptors (Lipinski definition) is 7. The Balaban J connectivity index is 2.79. The maximum Gasteiger partial charge on any atom is 0.326 e. The zero-order valence-electron chi connectivity index (χ0n) is 16.9. The Morgan fingerprint density at radius 3 is 2.32 bits per heavy atom. The molecule has 14 nitrogen and oxygen atoms in total. The van der Waals surface area contributed by atoms with Crippen molar-refractivity contribution in [2.75, 3.05) is 6.54 Å². The molecule has 0 spiro atoms. The normalized spacial score (nSPS) is 13.5. The van der Waals surface area contributed by atoms with Crippen LogP contribution in [0.3, 0.4) is 0 Å². The number of hydrogen-bond donors (Lipinski definition) is 8. The summed E-state index contributed by atoms with van der Waals surface area (Å²) in [6.07, 6.45) is 3.16. The van der Waals surface area contributed by atoms with Crippen molar-refractivity contribution < 1.29 is 24.3 Å². The van der Waals surface area contributed by atoms with Gasteiger partial charge < -0.3 is 43.7 Å². The summed E-state index contributed by atoms with van der Waals surface area (Å²) in [6.45, 7) is 0.293. The van der Waals surface area contributed by atoms with Crippen molar-refractivity contribution in [3.05, 3.63) is 18.2 Å². The molecule has 0 aliphatic heterocycles. The molecule has 0 fully saturated rings. The highest BCUT2D eigenvalue weighted by Gasteiger charge is 2.28. The van der Waals surface area contributed by atoms with Gasteiger partial charge in [-0.2, -0.15) is 0 Å². The van der Waals surface area contributed by atoms with Crippen LogP contribution in [0, 0.1) is 0 Å². The number of primary amides is 1. The van der Waals surface area contributed by atoms with E-state index in [9.17, 15) is 24.3 Å². The molecule has 0 unspecified atom stereocenters. The molecule has 12 N–H and O–H groups in total. The average Bonchev–Trinajstić information content (AvgIpc) is 3.20. The van der Waals surface area contributed by atoms with Gasteiger partial charge in [0.05, 0.1) is 12.4 Å². The molecule has 0 saturated carbocycles. The standard InChI is InChI=1S/C17H29N9O5/c18-10(2-1-5-23-17(20)21)14(28)26-12(6-9-7-22-8-24-9)15(29)25-11(16(30)31)3-4-13(19)27/h7-8,10-12H,1-6,18H2,(H2,19,27)(H,22,24)(H,25,29)(H,26,28)(H,30,31)(H4,20,21,23)/t10-,11-,12-/m0/s1. The first kappa shape index (κ1) is 25.4. The average molecular weight is 439 g/mol. The molecule has 172 valence electrons. The highest BCUT2D eigenvalue weighted by molar-refractivity contribution is 5.92. The summed E-state index contributed by atoms with van der Waals surface area (Å²) in [5.74, 6) is -3.47. The number of imidazole rings is 1. The predicted octanol–water partition coefficient (Wildman–Crippen LogP) is -3.35. The first-order valence-electron chi connectivity index (χ1n) is 9.50. The molecule has 31 heavy (non-hydrogen) atoms. The fourth-order valence-corrected chi connectivity index (χ4v) is 2.57. The van der Waals surface area contributed by atoms with E-state index in [-0.39, 0.29) is 31.6 Å². The maximum atomic E-state index is 12.7. The summed E-state index contributed by atoms with van der Waals surface area (Å²) in [4.78, 5) is 57.9. The molecule has 0 aliphatic carbocycles. The van der Waals surface area contributed by atoms with Crippen LogP contribution in [-0.4, -0.2) is 69.4 Å². The molecule has 0 bridgehead atoms. The Hall–Kier alpha value is -3.68. The number of amides is 3. The Morgan fingerprint density at radius 1 is 1.10 bits per heavy atom. The molecule has 3 amide bonds. The monoisotopic (exact) mass is 439 g/mol. The first-order valence-corrected chi connectivity index (χ1v) is 9.50. The van der Waals surface area contributed by atoms with Crippen molar-refractivity contribution in [3.8, 4) is 0 Å². The highest BCUT2D eigenvalue weighted by Crippen LogP contribution is 2.04. The van der Waals surface area contributed by atoms with Crippen LogP contribution >= 0.6 is 0 Å². The number of H-pyrrole nitrogens is 1. The molecule has 14 heteroatoms. The van der Waals surface area contributed by atoms with E-state index in [1.54, 1.807) is 0 Å². The molecule has 3 atom stereocenters. The summed E-state index contributed by atoms with van der Waals surface area (Å²) >= 11 is 0. The van der Waals surface area contributed by atoms with Crippen LogP contribution in [0.5, 0.6) is 0 Å². The Kier molecular flexibility index (Phi) is 10.5. The predicted molar refractivity (Wildman–Crippen MR) is 110 cm³/mol. The summed E-state index contributed by atoms with van der Waals surface area (Å²) in [7, 11) is 0. The van der Waals surface area contributed by atoms with Crippen LogP contribution in [0.4, 0.5) is 0 Å². The lowest BCUT2D eigenvalue weighted by Gasteiger charge is -2.22. The van der Waals surface area contributed by atoms with Gasteiger partial charge in [0, 0.05) is 31.3 Å². The molecule has 0 radical (unpaired) electrons. The minimum absolute atomic E-state index is 0.0143. The number of aliphatic imine (C=N–C) groups is 1. The summed E-state index contributed by atoms with van der Waals surface area (Å²) < 4.78 is 0. The fraction of sp³-hybridized carbons (Fsp3) is 0.529. The number of carboxylic acids is 1. The number of nitrogens with one attached hydrogen (secondary N) is 3. The third-order valence-electron chi connectivity index (χ3n) is 4.21. The molecular weight excluding hydrogens is 410 g/mol. The quantitative estimate of drug-likeness (QED) is 0.0816. The zero-order chi connectivity index (χ0) is 23.4. The maximum absolute atomic E-state index is 12.7. The van der Waals surface area contributed by atoms with Gasteiger partial charge >= 0.3 is 5.97 Å². The van der Waals surface area contributed by atoms with Gasteiger partial charge in [-0.05, 0) is 19.3 Å². The summed E-state index contributed by atoms with van der Waals surface area (Å²) in [6, 6.07) is -3.42. The second kappa shape index (κ2) is 12.8. The molecule has 1 aromatic heterocycles. The van der Waals surface area contributed by atoms with E-state index in [2.05, 4.69) is 25.6 Å². The fourth-order valence-electron chi connectivity index (χ4n) is 2.57. The minimum Gasteiger partial charge on any atom is -0.480 e. The largest absolute Gasteiger partial charge is 0.480 e. The van der Waals surface area contributed by atoms with E-state index in [1.807, 2.05) is 0 Å². The van der Waals surface area contributed by atoms with Crippen molar-refractivity contribution in [1.82, 2.24) is 20.6 Å². The van der Waals surface area contributed by atoms with Crippen molar-refractivity contribution >= 4 is 29.7 Å². The second-order valence-electron chi connectivity index (χ2n) is 6.80. The van der Waals surface area contributed by atoms with Crippen LogP contribution in [0.1, 0.15) is 31.4 Å². The molecule has 1 heterocycles. The number of carbonyl (C=O) groups excluding carboxylic acids is 3. The zero-order valence-corrected chi connectivity index (χ0v) is 16.9. The molecular formula is C17H29N9O5. The van der Waals surface area contributed by atoms with Crippen molar-refractivity contribution in [2.24, 2.45) is 27.9 Å². The van der Waals surface area contributed by atoms with Crippen molar-refractivity contribution in [3.63, 3.8) is 0 Å². The van der Waals surface area contributed by atoms with E-state index in [0.29, 0.717) is 18.7 Å². The van der Waals surface area contributed by atoms with Gasteiger partial charge in [0.2, 0.25) is 17.7 Å². The van der Waals surface area contributed by atoms with Crippen molar-refractivity contribution in [1.29, 1.82) is 0 Å². The minimum atomic E-state index is -1.35. The summed E-state index contributed by atoms with van der Waals surface area (Å²) in [5.41, 5.74) is 21.9. The van der Waals surface area contributed by atoms with Crippen molar-refractivity contribution in [2.45, 2.75) is 50.2 Å². The number of rotatable bonds is 14. The van der Waals surface area contributed by atoms with Gasteiger partial charge in [0.25, 0.3) is 0 Å². The molecule has 0 aromatic carbocycles. The van der Waals surface area contributed by atoms with Gasteiger partial charge in [-0.3, -0.25) is 19.4 Å². The number of aromatic amines is 1. The molecule has 1 aromatic rings. The van der Waals surface area contributed by atoms with Crippen LogP contribution in [0.2, 0.25) is 0 Å². The van der Waals surface area contributed by atoms with E-state index < -0.39 is 41.8 Å². The third kappa shape index (κ3) is 10.1. The SMILES string of the molecule is NC(=O)CC[C@H](NC(=O)[C@H](Cc1cnc[nH]1)NC(=O)[C@@H](N)CCCN=C(N)N)C(=O)O. The molecule has 1 rings (SSSR count).